The van der Waals surface area contributed by atoms with E-state index in [1.165, 1.54) is 11.3 Å². The van der Waals surface area contributed by atoms with Gasteiger partial charge in [-0.2, -0.15) is 11.3 Å². The zero-order valence-electron chi connectivity index (χ0n) is 11.4. The van der Waals surface area contributed by atoms with Gasteiger partial charge in [0.2, 0.25) is 0 Å². The van der Waals surface area contributed by atoms with Crippen LogP contribution in [-0.4, -0.2) is 34.3 Å². The van der Waals surface area contributed by atoms with Crippen LogP contribution in [0.5, 0.6) is 0 Å². The predicted molar refractivity (Wildman–Crippen MR) is 82.3 cm³/mol. The van der Waals surface area contributed by atoms with Crippen LogP contribution in [0.3, 0.4) is 0 Å². The number of carbonyl (C=O) groups is 3. The van der Waals surface area contributed by atoms with E-state index in [1.807, 2.05) is 16.8 Å². The Morgan fingerprint density at radius 2 is 1.86 bits per heavy atom. The number of carboxylic acid groups (broad SMARTS) is 1. The van der Waals surface area contributed by atoms with Crippen LogP contribution in [0.2, 0.25) is 0 Å². The molecule has 2 aromatic rings. The molecule has 1 aliphatic heterocycles. The Labute approximate surface area is 130 Å². The molecule has 0 saturated carbocycles. The molecule has 1 aromatic heterocycles. The molecule has 0 radical (unpaired) electrons. The zero-order chi connectivity index (χ0) is 15.7. The molecule has 22 heavy (non-hydrogen) atoms. The minimum absolute atomic E-state index is 0.329. The van der Waals surface area contributed by atoms with Crippen LogP contribution in [0, 0.1) is 0 Å². The molecule has 2 heterocycles. The molecule has 0 saturated heterocycles. The number of thiophene rings is 1. The second kappa shape index (κ2) is 5.57. The fourth-order valence-electron chi connectivity index (χ4n) is 2.34. The summed E-state index contributed by atoms with van der Waals surface area (Å²) in [5.74, 6) is -2.39. The third-order valence-corrected chi connectivity index (χ3v) is 4.02. The van der Waals surface area contributed by atoms with Gasteiger partial charge in [0.15, 0.2) is 0 Å². The Morgan fingerprint density at radius 1 is 1.14 bits per heavy atom. The number of benzene rings is 1. The van der Waals surface area contributed by atoms with Crippen LogP contribution in [0.4, 0.5) is 0 Å². The van der Waals surface area contributed by atoms with Crippen molar-refractivity contribution in [3.05, 3.63) is 57.8 Å². The van der Waals surface area contributed by atoms with Crippen LogP contribution >= 0.6 is 11.3 Å². The van der Waals surface area contributed by atoms with Gasteiger partial charge in [-0.3, -0.25) is 19.3 Å². The number of fused-ring (bicyclic) bond motifs is 1. The minimum Gasteiger partial charge on any atom is -0.480 e. The molecule has 0 aliphatic carbocycles. The highest BCUT2D eigenvalue weighted by Gasteiger charge is 2.35. The highest BCUT2D eigenvalue weighted by atomic mass is 32.1. The quantitative estimate of drug-likeness (QED) is 0.697. The summed E-state index contributed by atoms with van der Waals surface area (Å²) in [6.07, 6.45) is 1.68. The number of carboxylic acids is 1. The smallest absolute Gasteiger partial charge is 0.323 e. The van der Waals surface area contributed by atoms with Crippen molar-refractivity contribution >= 4 is 40.8 Å². The number of aliphatic carboxylic acids is 1. The summed E-state index contributed by atoms with van der Waals surface area (Å²) < 4.78 is 0. The van der Waals surface area contributed by atoms with Gasteiger partial charge in [0.25, 0.3) is 11.8 Å². The zero-order valence-corrected chi connectivity index (χ0v) is 12.2. The molecule has 0 unspecified atom stereocenters. The normalized spacial score (nSPS) is 16.0. The minimum atomic E-state index is -1.23. The summed E-state index contributed by atoms with van der Waals surface area (Å²) in [5, 5.41) is 12.7. The molecule has 1 aromatic carbocycles. The second-order valence-corrected chi connectivity index (χ2v) is 5.53. The first-order valence-corrected chi connectivity index (χ1v) is 7.43. The van der Waals surface area contributed by atoms with Gasteiger partial charge in [0, 0.05) is 11.1 Å². The summed E-state index contributed by atoms with van der Waals surface area (Å²) in [6, 6.07) is 8.58. The molecule has 1 N–H and O–H groups in total. The average molecular weight is 313 g/mol. The van der Waals surface area contributed by atoms with Crippen molar-refractivity contribution in [2.75, 3.05) is 6.54 Å². The first-order valence-electron chi connectivity index (χ1n) is 6.49. The van der Waals surface area contributed by atoms with Crippen molar-refractivity contribution in [1.29, 1.82) is 0 Å². The standard InChI is InChI=1S/C16H11NO4S/c18-14(19)8-17-15(20)12-4-2-1-3-11(12)13(16(17)21)7-10-5-6-22-9-10/h1-7,9H,8H2,(H,18,19). The van der Waals surface area contributed by atoms with Crippen LogP contribution in [-0.2, 0) is 9.59 Å². The molecular weight excluding hydrogens is 302 g/mol. The Bertz CT molecular complexity index is 792. The van der Waals surface area contributed by atoms with Crippen molar-refractivity contribution in [3.63, 3.8) is 0 Å². The van der Waals surface area contributed by atoms with Gasteiger partial charge >= 0.3 is 5.97 Å². The maximum absolute atomic E-state index is 12.5. The molecule has 6 heteroatoms. The highest BCUT2D eigenvalue weighted by molar-refractivity contribution is 7.08. The molecule has 3 rings (SSSR count). The van der Waals surface area contributed by atoms with Gasteiger partial charge in [0.05, 0.1) is 0 Å². The highest BCUT2D eigenvalue weighted by Crippen LogP contribution is 2.30. The maximum Gasteiger partial charge on any atom is 0.323 e. The lowest BCUT2D eigenvalue weighted by molar-refractivity contribution is -0.141. The van der Waals surface area contributed by atoms with E-state index < -0.39 is 24.3 Å². The Kier molecular flexibility index (Phi) is 3.60. The van der Waals surface area contributed by atoms with Gasteiger partial charge in [-0.25, -0.2) is 0 Å². The maximum atomic E-state index is 12.5. The lowest BCUT2D eigenvalue weighted by Crippen LogP contribution is -2.44. The third-order valence-electron chi connectivity index (χ3n) is 3.32. The molecule has 1 aliphatic rings. The van der Waals surface area contributed by atoms with E-state index in [0.29, 0.717) is 16.7 Å². The molecule has 0 fully saturated rings. The van der Waals surface area contributed by atoms with Crippen molar-refractivity contribution < 1.29 is 19.5 Å². The summed E-state index contributed by atoms with van der Waals surface area (Å²) in [7, 11) is 0. The van der Waals surface area contributed by atoms with Crippen molar-refractivity contribution in [3.8, 4) is 0 Å². The number of rotatable bonds is 3. The van der Waals surface area contributed by atoms with Gasteiger partial charge < -0.3 is 5.11 Å². The van der Waals surface area contributed by atoms with Crippen molar-refractivity contribution in [1.82, 2.24) is 4.90 Å². The van der Waals surface area contributed by atoms with Crippen LogP contribution in [0.15, 0.2) is 41.1 Å². The fraction of sp³-hybridized carbons (Fsp3) is 0.0625. The number of amides is 2. The first-order chi connectivity index (χ1) is 10.6. The number of nitrogens with zero attached hydrogens (tertiary/aromatic N) is 1. The Hall–Kier alpha value is -2.73. The Morgan fingerprint density at radius 3 is 2.50 bits per heavy atom. The molecule has 0 bridgehead atoms. The van der Waals surface area contributed by atoms with Gasteiger partial charge in [-0.05, 0) is 40.1 Å². The summed E-state index contributed by atoms with van der Waals surface area (Å²) in [6.45, 7) is -0.646. The van der Waals surface area contributed by atoms with E-state index in [1.54, 1.807) is 30.3 Å². The molecular formula is C16H11NO4S. The predicted octanol–water partition coefficient (Wildman–Crippen LogP) is 2.36. The van der Waals surface area contributed by atoms with E-state index in [2.05, 4.69) is 0 Å². The molecule has 0 atom stereocenters. The number of carbonyl (C=O) groups excluding carboxylic acids is 2. The summed E-state index contributed by atoms with van der Waals surface area (Å²) in [5.41, 5.74) is 2.04. The molecule has 2 amide bonds. The average Bonchev–Trinajstić information content (AvgIpc) is 3.01. The van der Waals surface area contributed by atoms with E-state index in [0.717, 1.165) is 10.5 Å². The molecule has 0 spiro atoms. The Balaban J connectivity index is 2.15. The van der Waals surface area contributed by atoms with Gasteiger partial charge in [0.1, 0.15) is 6.54 Å². The monoisotopic (exact) mass is 313 g/mol. The lowest BCUT2D eigenvalue weighted by Gasteiger charge is -2.27. The number of hydrogen-bond donors (Lipinski definition) is 1. The van der Waals surface area contributed by atoms with E-state index in [4.69, 9.17) is 5.11 Å². The number of hydrogen-bond acceptors (Lipinski definition) is 4. The van der Waals surface area contributed by atoms with Gasteiger partial charge in [-0.1, -0.05) is 18.2 Å². The lowest BCUT2D eigenvalue weighted by atomic mass is 9.92. The van der Waals surface area contributed by atoms with Crippen LogP contribution in [0.1, 0.15) is 21.5 Å². The fourth-order valence-corrected chi connectivity index (χ4v) is 2.96. The topological polar surface area (TPSA) is 74.7 Å². The SMILES string of the molecule is O=C(O)CN1C(=O)C(=Cc2ccsc2)c2ccccc2C1=O. The van der Waals surface area contributed by atoms with E-state index in [9.17, 15) is 14.4 Å². The third kappa shape index (κ3) is 2.44. The largest absolute Gasteiger partial charge is 0.480 e. The van der Waals surface area contributed by atoms with E-state index >= 15 is 0 Å². The van der Waals surface area contributed by atoms with Crippen LogP contribution in [0.25, 0.3) is 11.6 Å². The summed E-state index contributed by atoms with van der Waals surface area (Å²) >= 11 is 1.49. The second-order valence-electron chi connectivity index (χ2n) is 4.75. The summed E-state index contributed by atoms with van der Waals surface area (Å²) in [4.78, 5) is 36.6. The van der Waals surface area contributed by atoms with Crippen molar-refractivity contribution in [2.24, 2.45) is 0 Å². The van der Waals surface area contributed by atoms with Crippen molar-refractivity contribution in [2.45, 2.75) is 0 Å². The molecule has 110 valence electrons. The molecule has 5 nitrogen and oxygen atoms in total. The van der Waals surface area contributed by atoms with Crippen LogP contribution < -0.4 is 0 Å². The van der Waals surface area contributed by atoms with Gasteiger partial charge in [-0.15, -0.1) is 0 Å². The van der Waals surface area contributed by atoms with E-state index in [-0.39, 0.29) is 0 Å². The number of imide groups is 1. The first kappa shape index (κ1) is 14.2.